The average Bonchev–Trinajstić information content (AvgIpc) is 2.69. The molecule has 28 heavy (non-hydrogen) atoms. The van der Waals surface area contributed by atoms with Crippen molar-refractivity contribution in [2.75, 3.05) is 11.9 Å². The fourth-order valence-corrected chi connectivity index (χ4v) is 2.70. The summed E-state index contributed by atoms with van der Waals surface area (Å²) in [4.78, 5) is 36.6. The van der Waals surface area contributed by atoms with E-state index in [-0.39, 0.29) is 11.2 Å². The number of hydrogen-bond acceptors (Lipinski definition) is 5. The summed E-state index contributed by atoms with van der Waals surface area (Å²) >= 11 is 0. The van der Waals surface area contributed by atoms with Gasteiger partial charge in [0.05, 0.1) is 17.6 Å². The maximum Gasteiger partial charge on any atom is 0.338 e. The van der Waals surface area contributed by atoms with E-state index in [4.69, 9.17) is 9.15 Å². The summed E-state index contributed by atoms with van der Waals surface area (Å²) in [7, 11) is 0. The molecule has 3 rings (SSSR count). The lowest BCUT2D eigenvalue weighted by Gasteiger charge is -2.08. The lowest BCUT2D eigenvalue weighted by molar-refractivity contribution is 0.0499. The molecule has 0 bridgehead atoms. The third-order valence-corrected chi connectivity index (χ3v) is 4.28. The second-order valence-electron chi connectivity index (χ2n) is 6.45. The molecule has 1 aromatic heterocycles. The van der Waals surface area contributed by atoms with E-state index in [1.807, 2.05) is 19.9 Å². The number of aryl methyl sites for hydroxylation is 1. The largest absolute Gasteiger partial charge is 0.462 e. The van der Waals surface area contributed by atoms with Crippen LogP contribution in [0, 0.1) is 6.92 Å². The fourth-order valence-electron chi connectivity index (χ4n) is 2.70. The highest BCUT2D eigenvalue weighted by Crippen LogP contribution is 2.18. The normalized spacial score (nSPS) is 10.6. The summed E-state index contributed by atoms with van der Waals surface area (Å²) < 4.78 is 10.8. The Morgan fingerprint density at radius 1 is 1.11 bits per heavy atom. The second kappa shape index (κ2) is 8.52. The van der Waals surface area contributed by atoms with Crippen LogP contribution in [0.25, 0.3) is 11.0 Å². The minimum Gasteiger partial charge on any atom is -0.462 e. The number of ether oxygens (including phenoxy) is 1. The first-order valence-electron chi connectivity index (χ1n) is 9.11. The molecule has 0 aliphatic heterocycles. The van der Waals surface area contributed by atoms with Gasteiger partial charge in [0.15, 0.2) is 11.2 Å². The Balaban J connectivity index is 1.74. The van der Waals surface area contributed by atoms with Gasteiger partial charge in [-0.25, -0.2) is 4.79 Å². The smallest absolute Gasteiger partial charge is 0.338 e. The monoisotopic (exact) mass is 379 g/mol. The molecule has 0 unspecified atom stereocenters. The molecule has 0 aliphatic carbocycles. The second-order valence-corrected chi connectivity index (χ2v) is 6.45. The number of unbranched alkanes of at least 4 members (excludes halogenated alkanes) is 1. The summed E-state index contributed by atoms with van der Waals surface area (Å²) in [5.41, 5.74) is 1.77. The highest BCUT2D eigenvalue weighted by molar-refractivity contribution is 6.03. The van der Waals surface area contributed by atoms with E-state index in [1.165, 1.54) is 6.07 Å². The molecule has 6 nitrogen and oxygen atoms in total. The van der Waals surface area contributed by atoms with Crippen LogP contribution in [0.3, 0.4) is 0 Å². The standard InChI is InChI=1S/C22H21NO5/c1-3-4-12-27-22(26)15-8-10-16(11-9-15)23-21(25)19-13-18(24)17-7-5-6-14(2)20(17)28-19/h5-11,13H,3-4,12H2,1-2H3,(H,23,25). The molecule has 1 amide bonds. The number of amides is 1. The fraction of sp³-hybridized carbons (Fsp3) is 0.227. The van der Waals surface area contributed by atoms with Gasteiger partial charge in [-0.2, -0.15) is 0 Å². The van der Waals surface area contributed by atoms with Crippen LogP contribution in [-0.2, 0) is 4.74 Å². The summed E-state index contributed by atoms with van der Waals surface area (Å²) in [5, 5.41) is 3.10. The van der Waals surface area contributed by atoms with Crippen molar-refractivity contribution >= 4 is 28.5 Å². The van der Waals surface area contributed by atoms with Gasteiger partial charge in [-0.3, -0.25) is 9.59 Å². The van der Waals surface area contributed by atoms with E-state index >= 15 is 0 Å². The van der Waals surface area contributed by atoms with Crippen LogP contribution >= 0.6 is 0 Å². The van der Waals surface area contributed by atoms with Crippen LogP contribution in [0.5, 0.6) is 0 Å². The maximum atomic E-state index is 12.5. The molecule has 2 aromatic carbocycles. The highest BCUT2D eigenvalue weighted by Gasteiger charge is 2.14. The molecule has 1 N–H and O–H groups in total. The van der Waals surface area contributed by atoms with Gasteiger partial charge in [0.25, 0.3) is 5.91 Å². The predicted molar refractivity (Wildman–Crippen MR) is 107 cm³/mol. The Labute approximate surface area is 162 Å². The molecule has 0 saturated carbocycles. The number of anilines is 1. The molecule has 0 saturated heterocycles. The number of carbonyl (C=O) groups is 2. The van der Waals surface area contributed by atoms with Crippen molar-refractivity contribution in [2.45, 2.75) is 26.7 Å². The Hall–Kier alpha value is -3.41. The predicted octanol–water partition coefficient (Wildman–Crippen LogP) is 4.31. The van der Waals surface area contributed by atoms with E-state index in [0.717, 1.165) is 18.4 Å². The molecular weight excluding hydrogens is 358 g/mol. The van der Waals surface area contributed by atoms with Gasteiger partial charge in [0.1, 0.15) is 5.58 Å². The number of nitrogens with one attached hydrogen (secondary N) is 1. The van der Waals surface area contributed by atoms with Crippen LogP contribution in [0.2, 0.25) is 0 Å². The van der Waals surface area contributed by atoms with Crippen molar-refractivity contribution in [1.82, 2.24) is 0 Å². The summed E-state index contributed by atoms with van der Waals surface area (Å²) in [5.74, 6) is -1.02. The van der Waals surface area contributed by atoms with E-state index in [2.05, 4.69) is 5.32 Å². The van der Waals surface area contributed by atoms with Crippen molar-refractivity contribution in [3.8, 4) is 0 Å². The number of carbonyl (C=O) groups excluding carboxylic acids is 2. The lowest BCUT2D eigenvalue weighted by atomic mass is 10.1. The van der Waals surface area contributed by atoms with Crippen molar-refractivity contribution in [3.63, 3.8) is 0 Å². The van der Waals surface area contributed by atoms with Crippen LogP contribution < -0.4 is 10.7 Å². The van der Waals surface area contributed by atoms with E-state index in [0.29, 0.717) is 28.8 Å². The number of benzene rings is 2. The highest BCUT2D eigenvalue weighted by atomic mass is 16.5. The number of rotatable bonds is 6. The molecule has 6 heteroatoms. The summed E-state index contributed by atoms with van der Waals surface area (Å²) in [6.45, 7) is 4.21. The van der Waals surface area contributed by atoms with E-state index < -0.39 is 11.9 Å². The topological polar surface area (TPSA) is 85.6 Å². The molecular formula is C22H21NO5. The molecule has 3 aromatic rings. The Bertz CT molecular complexity index is 1070. The van der Waals surface area contributed by atoms with E-state index in [9.17, 15) is 14.4 Å². The van der Waals surface area contributed by atoms with E-state index in [1.54, 1.807) is 36.4 Å². The average molecular weight is 379 g/mol. The lowest BCUT2D eigenvalue weighted by Crippen LogP contribution is -2.15. The van der Waals surface area contributed by atoms with Gasteiger partial charge in [0, 0.05) is 11.8 Å². The summed E-state index contributed by atoms with van der Waals surface area (Å²) in [6, 6.07) is 12.8. The number of hydrogen-bond donors (Lipinski definition) is 1. The van der Waals surface area contributed by atoms with Crippen molar-refractivity contribution in [2.24, 2.45) is 0 Å². The van der Waals surface area contributed by atoms with Gasteiger partial charge < -0.3 is 14.5 Å². The molecule has 0 radical (unpaired) electrons. The molecule has 0 aliphatic rings. The Kier molecular flexibility index (Phi) is 5.89. The van der Waals surface area contributed by atoms with Crippen LogP contribution in [0.4, 0.5) is 5.69 Å². The zero-order valence-electron chi connectivity index (χ0n) is 15.8. The van der Waals surface area contributed by atoms with Crippen molar-refractivity contribution in [3.05, 3.63) is 75.6 Å². The van der Waals surface area contributed by atoms with Crippen LogP contribution in [0.15, 0.2) is 57.7 Å². The Morgan fingerprint density at radius 3 is 2.57 bits per heavy atom. The van der Waals surface area contributed by atoms with Gasteiger partial charge >= 0.3 is 5.97 Å². The first-order chi connectivity index (χ1) is 13.5. The first kappa shape index (κ1) is 19.4. The van der Waals surface area contributed by atoms with Crippen LogP contribution in [0.1, 0.15) is 46.2 Å². The SMILES string of the molecule is CCCCOC(=O)c1ccc(NC(=O)c2cc(=O)c3cccc(C)c3o2)cc1. The number of para-hydroxylation sites is 1. The van der Waals surface area contributed by atoms with Crippen LogP contribution in [-0.4, -0.2) is 18.5 Å². The molecule has 0 spiro atoms. The molecule has 0 fully saturated rings. The first-order valence-corrected chi connectivity index (χ1v) is 9.11. The third-order valence-electron chi connectivity index (χ3n) is 4.28. The quantitative estimate of drug-likeness (QED) is 0.509. The summed E-state index contributed by atoms with van der Waals surface area (Å²) in [6.07, 6.45) is 1.76. The van der Waals surface area contributed by atoms with Gasteiger partial charge in [-0.15, -0.1) is 0 Å². The maximum absolute atomic E-state index is 12.5. The number of fused-ring (bicyclic) bond motifs is 1. The molecule has 0 atom stereocenters. The minimum atomic E-state index is -0.541. The Morgan fingerprint density at radius 2 is 1.86 bits per heavy atom. The zero-order valence-corrected chi connectivity index (χ0v) is 15.8. The van der Waals surface area contributed by atoms with Crippen molar-refractivity contribution < 1.29 is 18.7 Å². The number of esters is 1. The van der Waals surface area contributed by atoms with Gasteiger partial charge in [-0.05, 0) is 49.2 Å². The molecule has 1 heterocycles. The third kappa shape index (κ3) is 4.28. The molecule has 144 valence electrons. The van der Waals surface area contributed by atoms with Crippen molar-refractivity contribution in [1.29, 1.82) is 0 Å². The zero-order chi connectivity index (χ0) is 20.1. The van der Waals surface area contributed by atoms with Gasteiger partial charge in [-0.1, -0.05) is 25.5 Å². The van der Waals surface area contributed by atoms with Gasteiger partial charge in [0.2, 0.25) is 0 Å². The minimum absolute atomic E-state index is 0.0742.